The molecule has 0 radical (unpaired) electrons. The first-order valence-electron chi connectivity index (χ1n) is 10.1. The summed E-state index contributed by atoms with van der Waals surface area (Å²) in [6.45, 7) is 7.77. The molecule has 2 fully saturated rings. The van der Waals surface area contributed by atoms with E-state index in [-0.39, 0.29) is 0 Å². The highest BCUT2D eigenvalue weighted by Gasteiger charge is 2.23. The van der Waals surface area contributed by atoms with E-state index in [1.165, 1.54) is 38.5 Å². The van der Waals surface area contributed by atoms with Crippen molar-refractivity contribution in [3.8, 4) is 0 Å². The molecule has 3 unspecified atom stereocenters. The van der Waals surface area contributed by atoms with Gasteiger partial charge in [0, 0.05) is 13.7 Å². The normalized spacial score (nSPS) is 33.5. The summed E-state index contributed by atoms with van der Waals surface area (Å²) in [7, 11) is 1.84. The summed E-state index contributed by atoms with van der Waals surface area (Å²) in [5, 5.41) is 0. The molecule has 0 spiro atoms. The molecule has 1 aliphatic heterocycles. The molecule has 1 aliphatic carbocycles. The summed E-state index contributed by atoms with van der Waals surface area (Å²) in [6.07, 6.45) is 19.2. The number of ether oxygens (including phenoxy) is 2. The molecule has 138 valence electrons. The van der Waals surface area contributed by atoms with Gasteiger partial charge in [-0.15, -0.1) is 0 Å². The van der Waals surface area contributed by atoms with Gasteiger partial charge in [-0.2, -0.15) is 0 Å². The van der Waals surface area contributed by atoms with Crippen LogP contribution < -0.4 is 0 Å². The van der Waals surface area contributed by atoms with Gasteiger partial charge < -0.3 is 9.47 Å². The minimum Gasteiger partial charge on any atom is -0.381 e. The summed E-state index contributed by atoms with van der Waals surface area (Å²) >= 11 is 0. The average Bonchev–Trinajstić information content (AvgIpc) is 2.59. The van der Waals surface area contributed by atoms with Gasteiger partial charge in [-0.25, -0.2) is 0 Å². The van der Waals surface area contributed by atoms with E-state index in [9.17, 15) is 0 Å². The highest BCUT2D eigenvalue weighted by atomic mass is 16.5. The van der Waals surface area contributed by atoms with Gasteiger partial charge in [-0.3, -0.25) is 0 Å². The lowest BCUT2D eigenvalue weighted by molar-refractivity contribution is -0.00874. The molecule has 3 atom stereocenters. The summed E-state index contributed by atoms with van der Waals surface area (Å²) in [5.41, 5.74) is 0. The molecule has 1 heterocycles. The molecule has 2 nitrogen and oxygen atoms in total. The third-order valence-corrected chi connectivity index (χ3v) is 5.57. The summed E-state index contributed by atoms with van der Waals surface area (Å²) in [6, 6.07) is 0. The highest BCUT2D eigenvalue weighted by Crippen LogP contribution is 2.29. The van der Waals surface area contributed by atoms with Gasteiger partial charge >= 0.3 is 0 Å². The van der Waals surface area contributed by atoms with Crippen molar-refractivity contribution < 1.29 is 9.47 Å². The van der Waals surface area contributed by atoms with E-state index in [0.29, 0.717) is 30.0 Å². The molecular formula is C22H38O2. The van der Waals surface area contributed by atoms with Gasteiger partial charge in [-0.1, -0.05) is 45.1 Å². The molecule has 1 saturated heterocycles. The minimum atomic E-state index is 0.435. The van der Waals surface area contributed by atoms with Crippen LogP contribution in [-0.2, 0) is 9.47 Å². The summed E-state index contributed by atoms with van der Waals surface area (Å²) in [5.74, 6) is 2.74. The first-order chi connectivity index (χ1) is 11.6. The van der Waals surface area contributed by atoms with E-state index >= 15 is 0 Å². The Morgan fingerprint density at radius 2 is 1.67 bits per heavy atom. The van der Waals surface area contributed by atoms with Crippen molar-refractivity contribution >= 4 is 0 Å². The zero-order chi connectivity index (χ0) is 17.4. The lowest BCUT2D eigenvalue weighted by Gasteiger charge is -2.29. The number of methoxy groups -OCH3 is 1. The van der Waals surface area contributed by atoms with Gasteiger partial charge in [0.15, 0.2) is 0 Å². The van der Waals surface area contributed by atoms with Crippen LogP contribution in [0.5, 0.6) is 0 Å². The van der Waals surface area contributed by atoms with Gasteiger partial charge in [0.1, 0.15) is 0 Å². The molecule has 2 heteroatoms. The average molecular weight is 335 g/mol. The summed E-state index contributed by atoms with van der Waals surface area (Å²) in [4.78, 5) is 0. The maximum Gasteiger partial charge on any atom is 0.0586 e. The molecule has 0 N–H and O–H groups in total. The van der Waals surface area contributed by atoms with E-state index in [4.69, 9.17) is 9.47 Å². The molecule has 24 heavy (non-hydrogen) atoms. The standard InChI is InChI=1S/C22H38O2/c1-17(2)5-7-20-13-14-24-22(16-20)15-18(3)6-8-19-9-11-21(23-4)12-10-19/h5-8,17-22H,9-16H2,1-4H3/b7-5+,8-6+. The fourth-order valence-electron chi connectivity index (χ4n) is 3.98. The first-order valence-corrected chi connectivity index (χ1v) is 10.1. The number of hydrogen-bond donors (Lipinski definition) is 0. The van der Waals surface area contributed by atoms with E-state index < -0.39 is 0 Å². The second-order valence-corrected chi connectivity index (χ2v) is 8.28. The van der Waals surface area contributed by atoms with Gasteiger partial charge in [-0.05, 0) is 68.6 Å². The third kappa shape index (κ3) is 7.11. The van der Waals surface area contributed by atoms with Crippen LogP contribution in [0.4, 0.5) is 0 Å². The second-order valence-electron chi connectivity index (χ2n) is 8.28. The smallest absolute Gasteiger partial charge is 0.0586 e. The Morgan fingerprint density at radius 3 is 2.33 bits per heavy atom. The Kier molecular flexibility index (Phi) is 8.55. The van der Waals surface area contributed by atoms with Crippen molar-refractivity contribution in [3.05, 3.63) is 24.3 Å². The Balaban J connectivity index is 1.71. The fourth-order valence-corrected chi connectivity index (χ4v) is 3.98. The van der Waals surface area contributed by atoms with Crippen LogP contribution in [0.2, 0.25) is 0 Å². The van der Waals surface area contributed by atoms with Crippen molar-refractivity contribution in [2.24, 2.45) is 23.7 Å². The molecule has 2 rings (SSSR count). The second kappa shape index (κ2) is 10.4. The molecule has 0 aromatic carbocycles. The Hall–Kier alpha value is -0.600. The molecule has 0 amide bonds. The lowest BCUT2D eigenvalue weighted by Crippen LogP contribution is -2.26. The monoisotopic (exact) mass is 334 g/mol. The van der Waals surface area contributed by atoms with Crippen LogP contribution >= 0.6 is 0 Å². The largest absolute Gasteiger partial charge is 0.381 e. The SMILES string of the molecule is COC1CCC(/C=C/C(C)CC2CC(/C=C/C(C)C)CCO2)CC1. The summed E-state index contributed by atoms with van der Waals surface area (Å²) < 4.78 is 11.5. The van der Waals surface area contributed by atoms with E-state index in [2.05, 4.69) is 45.1 Å². The predicted octanol–water partition coefficient (Wildman–Crippen LogP) is 5.78. The van der Waals surface area contributed by atoms with Crippen molar-refractivity contribution in [1.29, 1.82) is 0 Å². The maximum atomic E-state index is 6.02. The maximum absolute atomic E-state index is 6.02. The fraction of sp³-hybridized carbons (Fsp3) is 0.818. The predicted molar refractivity (Wildman–Crippen MR) is 102 cm³/mol. The van der Waals surface area contributed by atoms with Gasteiger partial charge in [0.2, 0.25) is 0 Å². The molecular weight excluding hydrogens is 296 g/mol. The minimum absolute atomic E-state index is 0.435. The molecule has 0 bridgehead atoms. The van der Waals surface area contributed by atoms with Crippen molar-refractivity contribution in [2.45, 2.75) is 77.9 Å². The van der Waals surface area contributed by atoms with Crippen LogP contribution in [0.15, 0.2) is 24.3 Å². The molecule has 1 saturated carbocycles. The van der Waals surface area contributed by atoms with Gasteiger partial charge in [0.25, 0.3) is 0 Å². The van der Waals surface area contributed by atoms with Crippen molar-refractivity contribution in [3.63, 3.8) is 0 Å². The van der Waals surface area contributed by atoms with Crippen LogP contribution in [-0.4, -0.2) is 25.9 Å². The molecule has 2 aliphatic rings. The Morgan fingerprint density at radius 1 is 0.958 bits per heavy atom. The Bertz CT molecular complexity index is 391. The van der Waals surface area contributed by atoms with E-state index in [1.807, 2.05) is 7.11 Å². The van der Waals surface area contributed by atoms with Crippen LogP contribution in [0.3, 0.4) is 0 Å². The van der Waals surface area contributed by atoms with E-state index in [1.54, 1.807) is 0 Å². The highest BCUT2D eigenvalue weighted by molar-refractivity contribution is 4.96. The number of rotatable bonds is 7. The van der Waals surface area contributed by atoms with Crippen LogP contribution in [0, 0.1) is 23.7 Å². The zero-order valence-electron chi connectivity index (χ0n) is 16.2. The lowest BCUT2D eigenvalue weighted by atomic mass is 9.85. The number of allylic oxidation sites excluding steroid dienone is 4. The molecule has 0 aromatic heterocycles. The third-order valence-electron chi connectivity index (χ3n) is 5.57. The Labute approximate surface area is 149 Å². The number of hydrogen-bond acceptors (Lipinski definition) is 2. The first kappa shape index (κ1) is 19.7. The quantitative estimate of drug-likeness (QED) is 0.549. The topological polar surface area (TPSA) is 18.5 Å². The van der Waals surface area contributed by atoms with E-state index in [0.717, 1.165) is 18.9 Å². The van der Waals surface area contributed by atoms with Crippen molar-refractivity contribution in [1.82, 2.24) is 0 Å². The van der Waals surface area contributed by atoms with Crippen LogP contribution in [0.1, 0.15) is 65.7 Å². The van der Waals surface area contributed by atoms with Crippen LogP contribution in [0.25, 0.3) is 0 Å². The van der Waals surface area contributed by atoms with Gasteiger partial charge in [0.05, 0.1) is 12.2 Å². The zero-order valence-corrected chi connectivity index (χ0v) is 16.2. The molecule has 0 aromatic rings. The van der Waals surface area contributed by atoms with Crippen molar-refractivity contribution in [2.75, 3.05) is 13.7 Å².